The number of methoxy groups -OCH3 is 1. The van der Waals surface area contributed by atoms with E-state index in [0.29, 0.717) is 0 Å². The highest BCUT2D eigenvalue weighted by molar-refractivity contribution is 7.23. The molecule has 0 saturated carbocycles. The minimum atomic E-state index is 0.890. The van der Waals surface area contributed by atoms with Gasteiger partial charge < -0.3 is 4.74 Å². The first kappa shape index (κ1) is 14.3. The first-order valence-electron chi connectivity index (χ1n) is 7.62. The van der Waals surface area contributed by atoms with Crippen molar-refractivity contribution < 1.29 is 4.74 Å². The van der Waals surface area contributed by atoms with E-state index in [4.69, 9.17) is 9.72 Å². The molecule has 0 spiro atoms. The van der Waals surface area contributed by atoms with Crippen molar-refractivity contribution in [2.75, 3.05) is 7.11 Å². The van der Waals surface area contributed by atoms with Gasteiger partial charge in [0.15, 0.2) is 4.96 Å². The molecule has 2 aromatic carbocycles. The molecule has 3 nitrogen and oxygen atoms in total. The molecule has 0 amide bonds. The summed E-state index contributed by atoms with van der Waals surface area (Å²) in [5.74, 6) is 0.890. The van der Waals surface area contributed by atoms with Gasteiger partial charge in [0, 0.05) is 11.3 Å². The Bertz CT molecular complexity index is 1040. The van der Waals surface area contributed by atoms with E-state index in [1.165, 1.54) is 21.4 Å². The Morgan fingerprint density at radius 3 is 2.61 bits per heavy atom. The molecule has 0 saturated heterocycles. The van der Waals surface area contributed by atoms with Gasteiger partial charge in [-0.05, 0) is 50.1 Å². The summed E-state index contributed by atoms with van der Waals surface area (Å²) in [7, 11) is 1.72. The highest BCUT2D eigenvalue weighted by Crippen LogP contribution is 2.36. The van der Waals surface area contributed by atoms with Crippen LogP contribution < -0.4 is 4.74 Å². The van der Waals surface area contributed by atoms with Crippen molar-refractivity contribution in [1.82, 2.24) is 9.38 Å². The number of hydrogen-bond acceptors (Lipinski definition) is 3. The summed E-state index contributed by atoms with van der Waals surface area (Å²) >= 11 is 1.70. The molecule has 0 unspecified atom stereocenters. The summed E-state index contributed by atoms with van der Waals surface area (Å²) in [6.07, 6.45) is 0. The summed E-state index contributed by atoms with van der Waals surface area (Å²) in [4.78, 5) is 5.90. The van der Waals surface area contributed by atoms with Crippen LogP contribution in [0.1, 0.15) is 16.8 Å². The largest absolute Gasteiger partial charge is 0.495 e. The molecule has 2 aromatic heterocycles. The molecule has 0 radical (unpaired) electrons. The van der Waals surface area contributed by atoms with Crippen LogP contribution in [0.25, 0.3) is 26.4 Å². The maximum atomic E-state index is 5.56. The highest BCUT2D eigenvalue weighted by Gasteiger charge is 2.17. The third kappa shape index (κ3) is 2.05. The summed E-state index contributed by atoms with van der Waals surface area (Å²) in [5.41, 5.74) is 7.08. The van der Waals surface area contributed by atoms with Crippen molar-refractivity contribution in [3.05, 3.63) is 53.2 Å². The predicted molar refractivity (Wildman–Crippen MR) is 96.8 cm³/mol. The van der Waals surface area contributed by atoms with Gasteiger partial charge in [0.1, 0.15) is 11.3 Å². The van der Waals surface area contributed by atoms with Crippen LogP contribution in [0.15, 0.2) is 36.4 Å². The topological polar surface area (TPSA) is 26.5 Å². The van der Waals surface area contributed by atoms with Crippen molar-refractivity contribution in [3.8, 4) is 17.0 Å². The number of para-hydroxylation sites is 1. The number of ether oxygens (including phenoxy) is 1. The Kier molecular flexibility index (Phi) is 3.16. The lowest BCUT2D eigenvalue weighted by atomic mass is 10.0. The number of fused-ring (bicyclic) bond motifs is 3. The van der Waals surface area contributed by atoms with Crippen LogP contribution in [-0.2, 0) is 0 Å². The number of thiazole rings is 1. The first-order valence-corrected chi connectivity index (χ1v) is 8.44. The maximum absolute atomic E-state index is 5.56. The molecule has 0 aliphatic carbocycles. The second kappa shape index (κ2) is 5.10. The maximum Gasteiger partial charge on any atom is 0.195 e. The lowest BCUT2D eigenvalue weighted by Gasteiger charge is -2.05. The van der Waals surface area contributed by atoms with Crippen molar-refractivity contribution in [2.45, 2.75) is 20.8 Å². The van der Waals surface area contributed by atoms with Crippen molar-refractivity contribution in [3.63, 3.8) is 0 Å². The number of aryl methyl sites for hydroxylation is 3. The zero-order chi connectivity index (χ0) is 16.1. The average molecular weight is 322 g/mol. The van der Waals surface area contributed by atoms with Gasteiger partial charge in [-0.3, -0.25) is 4.40 Å². The van der Waals surface area contributed by atoms with Crippen LogP contribution >= 0.6 is 11.3 Å². The Labute approximate surface area is 139 Å². The fourth-order valence-corrected chi connectivity index (χ4v) is 4.13. The van der Waals surface area contributed by atoms with Gasteiger partial charge in [0.2, 0.25) is 0 Å². The molecule has 0 N–H and O–H groups in total. The third-order valence-electron chi connectivity index (χ3n) is 4.46. The number of benzene rings is 2. The molecule has 0 aliphatic rings. The van der Waals surface area contributed by atoms with Gasteiger partial charge in [-0.25, -0.2) is 4.98 Å². The quantitative estimate of drug-likeness (QED) is 0.510. The summed E-state index contributed by atoms with van der Waals surface area (Å²) in [5, 5.41) is 0. The van der Waals surface area contributed by atoms with Crippen LogP contribution in [-0.4, -0.2) is 16.5 Å². The van der Waals surface area contributed by atoms with E-state index in [0.717, 1.165) is 27.6 Å². The van der Waals surface area contributed by atoms with E-state index in [1.54, 1.807) is 18.4 Å². The molecule has 4 rings (SSSR count). The zero-order valence-electron chi connectivity index (χ0n) is 13.7. The molecule has 0 bridgehead atoms. The van der Waals surface area contributed by atoms with Gasteiger partial charge in [-0.15, -0.1) is 0 Å². The molecular weight excluding hydrogens is 304 g/mol. The Morgan fingerprint density at radius 2 is 1.87 bits per heavy atom. The average Bonchev–Trinajstić information content (AvgIpc) is 3.06. The fourth-order valence-electron chi connectivity index (χ4n) is 3.04. The lowest BCUT2D eigenvalue weighted by Crippen LogP contribution is -1.91. The molecule has 0 atom stereocenters. The van der Waals surface area contributed by atoms with E-state index >= 15 is 0 Å². The molecular formula is C19H18N2OS. The highest BCUT2D eigenvalue weighted by atomic mass is 32.1. The Hall–Kier alpha value is -2.33. The van der Waals surface area contributed by atoms with E-state index in [1.807, 2.05) is 12.1 Å². The van der Waals surface area contributed by atoms with E-state index in [2.05, 4.69) is 49.4 Å². The monoisotopic (exact) mass is 322 g/mol. The van der Waals surface area contributed by atoms with Gasteiger partial charge in [0.25, 0.3) is 0 Å². The SMILES string of the molecule is COc1cccc2sc3nc(-c4ccc(C)c(C)c4)c(C)n3c12. The van der Waals surface area contributed by atoms with Crippen molar-refractivity contribution in [2.24, 2.45) is 0 Å². The Balaban J connectivity index is 2.03. The first-order chi connectivity index (χ1) is 11.1. The molecule has 4 heteroatoms. The van der Waals surface area contributed by atoms with Crippen LogP contribution in [0.3, 0.4) is 0 Å². The minimum Gasteiger partial charge on any atom is -0.495 e. The molecule has 116 valence electrons. The second-order valence-electron chi connectivity index (χ2n) is 5.87. The summed E-state index contributed by atoms with van der Waals surface area (Å²) in [6, 6.07) is 12.7. The molecule has 0 aliphatic heterocycles. The van der Waals surface area contributed by atoms with Gasteiger partial charge >= 0.3 is 0 Å². The number of aromatic nitrogens is 2. The molecule has 4 aromatic rings. The molecule has 23 heavy (non-hydrogen) atoms. The number of hydrogen-bond donors (Lipinski definition) is 0. The number of rotatable bonds is 2. The minimum absolute atomic E-state index is 0.890. The van der Waals surface area contributed by atoms with Crippen molar-refractivity contribution >= 4 is 26.5 Å². The van der Waals surface area contributed by atoms with Crippen LogP contribution in [0.2, 0.25) is 0 Å². The van der Waals surface area contributed by atoms with Gasteiger partial charge in [-0.1, -0.05) is 29.5 Å². The van der Waals surface area contributed by atoms with E-state index < -0.39 is 0 Å². The molecule has 0 fully saturated rings. The van der Waals surface area contributed by atoms with Crippen molar-refractivity contribution in [1.29, 1.82) is 0 Å². The van der Waals surface area contributed by atoms with Crippen LogP contribution in [0.5, 0.6) is 5.75 Å². The summed E-state index contributed by atoms with van der Waals surface area (Å²) < 4.78 is 8.96. The number of imidazole rings is 1. The summed E-state index contributed by atoms with van der Waals surface area (Å²) in [6.45, 7) is 6.41. The Morgan fingerprint density at radius 1 is 1.04 bits per heavy atom. The predicted octanol–water partition coefficient (Wildman–Crippen LogP) is 5.15. The zero-order valence-corrected chi connectivity index (χ0v) is 14.5. The smallest absolute Gasteiger partial charge is 0.195 e. The normalized spacial score (nSPS) is 11.5. The van der Waals surface area contributed by atoms with Crippen LogP contribution in [0, 0.1) is 20.8 Å². The van der Waals surface area contributed by atoms with Gasteiger partial charge in [0.05, 0.1) is 17.5 Å². The van der Waals surface area contributed by atoms with E-state index in [-0.39, 0.29) is 0 Å². The molecule has 2 heterocycles. The fraction of sp³-hybridized carbons (Fsp3) is 0.211. The van der Waals surface area contributed by atoms with Crippen LogP contribution in [0.4, 0.5) is 0 Å². The second-order valence-corrected chi connectivity index (χ2v) is 6.88. The third-order valence-corrected chi connectivity index (χ3v) is 5.47. The lowest BCUT2D eigenvalue weighted by molar-refractivity contribution is 0.418. The van der Waals surface area contributed by atoms with Gasteiger partial charge in [-0.2, -0.15) is 0 Å². The standard InChI is InChI=1S/C19H18N2OS/c1-11-8-9-14(10-12(11)2)17-13(3)21-18-15(22-4)6-5-7-16(18)23-19(21)20-17/h5-10H,1-4H3. The van der Waals surface area contributed by atoms with E-state index in [9.17, 15) is 0 Å². The number of nitrogens with zero attached hydrogens (tertiary/aromatic N) is 2.